The van der Waals surface area contributed by atoms with E-state index < -0.39 is 5.60 Å². The quantitative estimate of drug-likeness (QED) is 0.873. The maximum atomic E-state index is 9.84. The Balaban J connectivity index is 3.02. The molecule has 0 atom stereocenters. The number of halogens is 1. The van der Waals surface area contributed by atoms with Crippen LogP contribution in [0.15, 0.2) is 6.20 Å². The number of likely N-dealkylation sites (N-methyl/N-ethyl adjacent to an activating group) is 1. The lowest BCUT2D eigenvalue weighted by Crippen LogP contribution is -2.39. The summed E-state index contributed by atoms with van der Waals surface area (Å²) in [5, 5.41) is 10.3. The van der Waals surface area contributed by atoms with Crippen molar-refractivity contribution in [2.24, 2.45) is 0 Å². The van der Waals surface area contributed by atoms with E-state index in [2.05, 4.69) is 9.97 Å². The number of aliphatic hydroxyl groups is 1. The van der Waals surface area contributed by atoms with E-state index in [1.807, 2.05) is 11.8 Å². The zero-order chi connectivity index (χ0) is 13.1. The van der Waals surface area contributed by atoms with E-state index in [0.717, 1.165) is 0 Å². The fourth-order valence-electron chi connectivity index (χ4n) is 1.47. The molecule has 0 aromatic carbocycles. The first-order valence-corrected chi connectivity index (χ1v) is 5.79. The molecular weight excluding hydrogens is 242 g/mol. The molecule has 0 amide bonds. The van der Waals surface area contributed by atoms with E-state index in [4.69, 9.17) is 16.3 Å². The number of hydrogen-bond acceptors (Lipinski definition) is 5. The highest BCUT2D eigenvalue weighted by Crippen LogP contribution is 2.25. The molecule has 1 N–H and O–H groups in total. The van der Waals surface area contributed by atoms with E-state index in [-0.39, 0.29) is 6.01 Å². The molecule has 0 saturated heterocycles. The molecule has 1 aromatic heterocycles. The second-order valence-corrected chi connectivity index (χ2v) is 4.76. The van der Waals surface area contributed by atoms with Gasteiger partial charge in [0.05, 0.1) is 18.9 Å². The van der Waals surface area contributed by atoms with Crippen molar-refractivity contribution < 1.29 is 9.84 Å². The van der Waals surface area contributed by atoms with Gasteiger partial charge in [-0.05, 0) is 20.8 Å². The number of ether oxygens (including phenoxy) is 1. The summed E-state index contributed by atoms with van der Waals surface area (Å²) in [5.74, 6) is 0.572. The molecule has 0 aliphatic rings. The molecule has 0 aliphatic carbocycles. The van der Waals surface area contributed by atoms with Crippen molar-refractivity contribution in [1.82, 2.24) is 9.97 Å². The van der Waals surface area contributed by atoms with Crippen LogP contribution in [0.5, 0.6) is 6.01 Å². The number of rotatable bonds is 5. The Morgan fingerprint density at radius 1 is 1.53 bits per heavy atom. The highest BCUT2D eigenvalue weighted by atomic mass is 35.5. The van der Waals surface area contributed by atoms with Crippen molar-refractivity contribution in [2.75, 3.05) is 25.1 Å². The van der Waals surface area contributed by atoms with Gasteiger partial charge in [0.2, 0.25) is 0 Å². The maximum absolute atomic E-state index is 9.84. The van der Waals surface area contributed by atoms with E-state index in [9.17, 15) is 5.11 Å². The number of anilines is 1. The smallest absolute Gasteiger partial charge is 0.318 e. The van der Waals surface area contributed by atoms with Gasteiger partial charge in [-0.3, -0.25) is 0 Å². The summed E-state index contributed by atoms with van der Waals surface area (Å²) >= 11 is 6.05. The van der Waals surface area contributed by atoms with Crippen LogP contribution < -0.4 is 9.64 Å². The lowest BCUT2D eigenvalue weighted by atomic mass is 10.1. The van der Waals surface area contributed by atoms with Gasteiger partial charge in [0.15, 0.2) is 5.82 Å². The minimum atomic E-state index is -0.822. The standard InChI is InChI=1S/C11H18ClN3O2/c1-5-15(7-11(2,3)16)9-8(12)6-13-10(14-9)17-4/h6,16H,5,7H2,1-4H3. The molecule has 0 unspecified atom stereocenters. The number of hydrogen-bond donors (Lipinski definition) is 1. The second-order valence-electron chi connectivity index (χ2n) is 4.35. The van der Waals surface area contributed by atoms with Gasteiger partial charge < -0.3 is 14.7 Å². The molecule has 1 aromatic rings. The molecule has 1 rings (SSSR count). The summed E-state index contributed by atoms with van der Waals surface area (Å²) in [4.78, 5) is 9.99. The van der Waals surface area contributed by atoms with Crippen LogP contribution in [-0.2, 0) is 0 Å². The maximum Gasteiger partial charge on any atom is 0.318 e. The van der Waals surface area contributed by atoms with E-state index in [1.165, 1.54) is 13.3 Å². The molecule has 0 spiro atoms. The Hall–Kier alpha value is -1.07. The van der Waals surface area contributed by atoms with Gasteiger partial charge in [-0.15, -0.1) is 0 Å². The van der Waals surface area contributed by atoms with Gasteiger partial charge in [-0.2, -0.15) is 4.98 Å². The van der Waals surface area contributed by atoms with Crippen LogP contribution in [0, 0.1) is 0 Å². The van der Waals surface area contributed by atoms with E-state index >= 15 is 0 Å². The van der Waals surface area contributed by atoms with Crippen molar-refractivity contribution in [3.8, 4) is 6.01 Å². The monoisotopic (exact) mass is 259 g/mol. The first kappa shape index (κ1) is 14.0. The van der Waals surface area contributed by atoms with E-state index in [0.29, 0.717) is 23.9 Å². The van der Waals surface area contributed by atoms with Gasteiger partial charge in [0.25, 0.3) is 0 Å². The molecule has 5 nitrogen and oxygen atoms in total. The first-order valence-electron chi connectivity index (χ1n) is 5.41. The normalized spacial score (nSPS) is 11.4. The van der Waals surface area contributed by atoms with E-state index in [1.54, 1.807) is 13.8 Å². The van der Waals surface area contributed by atoms with Gasteiger partial charge in [-0.1, -0.05) is 11.6 Å². The first-order chi connectivity index (χ1) is 7.87. The van der Waals surface area contributed by atoms with Gasteiger partial charge in [0.1, 0.15) is 5.02 Å². The third-order valence-corrected chi connectivity index (χ3v) is 2.41. The fraction of sp³-hybridized carbons (Fsp3) is 0.636. The van der Waals surface area contributed by atoms with Crippen LogP contribution in [0.25, 0.3) is 0 Å². The Morgan fingerprint density at radius 2 is 2.18 bits per heavy atom. The Bertz CT molecular complexity index is 379. The minimum absolute atomic E-state index is 0.263. The third-order valence-electron chi connectivity index (χ3n) is 2.15. The van der Waals surface area contributed by atoms with Crippen molar-refractivity contribution >= 4 is 17.4 Å². The highest BCUT2D eigenvalue weighted by molar-refractivity contribution is 6.32. The lowest BCUT2D eigenvalue weighted by molar-refractivity contribution is 0.0874. The largest absolute Gasteiger partial charge is 0.467 e. The molecular formula is C11H18ClN3O2. The third kappa shape index (κ3) is 4.02. The topological polar surface area (TPSA) is 58.5 Å². The molecule has 17 heavy (non-hydrogen) atoms. The molecule has 0 aliphatic heterocycles. The minimum Gasteiger partial charge on any atom is -0.467 e. The number of nitrogens with zero attached hydrogens (tertiary/aromatic N) is 3. The molecule has 0 fully saturated rings. The molecule has 1 heterocycles. The summed E-state index contributed by atoms with van der Waals surface area (Å²) < 4.78 is 4.96. The summed E-state index contributed by atoms with van der Waals surface area (Å²) in [5.41, 5.74) is -0.822. The van der Waals surface area contributed by atoms with Crippen LogP contribution in [0.2, 0.25) is 5.02 Å². The zero-order valence-corrected chi connectivity index (χ0v) is 11.3. The Morgan fingerprint density at radius 3 is 2.65 bits per heavy atom. The number of aromatic nitrogens is 2. The van der Waals surface area contributed by atoms with Crippen LogP contribution in [-0.4, -0.2) is 40.9 Å². The Kier molecular flexibility index (Phi) is 4.54. The summed E-state index contributed by atoms with van der Waals surface area (Å²) in [6, 6.07) is 0.263. The average molecular weight is 260 g/mol. The molecule has 0 radical (unpaired) electrons. The zero-order valence-electron chi connectivity index (χ0n) is 10.6. The van der Waals surface area contributed by atoms with Crippen LogP contribution >= 0.6 is 11.6 Å². The predicted molar refractivity (Wildman–Crippen MR) is 67.8 cm³/mol. The van der Waals surface area contributed by atoms with Crippen molar-refractivity contribution in [2.45, 2.75) is 26.4 Å². The molecule has 0 saturated carbocycles. The van der Waals surface area contributed by atoms with Gasteiger partial charge in [0, 0.05) is 13.1 Å². The molecule has 96 valence electrons. The molecule has 0 bridgehead atoms. The van der Waals surface area contributed by atoms with Crippen LogP contribution in [0.4, 0.5) is 5.82 Å². The van der Waals surface area contributed by atoms with Gasteiger partial charge >= 0.3 is 6.01 Å². The van der Waals surface area contributed by atoms with Crippen molar-refractivity contribution in [3.63, 3.8) is 0 Å². The second kappa shape index (κ2) is 5.51. The summed E-state index contributed by atoms with van der Waals surface area (Å²) in [6.45, 7) is 6.56. The summed E-state index contributed by atoms with van der Waals surface area (Å²) in [7, 11) is 1.50. The van der Waals surface area contributed by atoms with Crippen molar-refractivity contribution in [1.29, 1.82) is 0 Å². The van der Waals surface area contributed by atoms with Gasteiger partial charge in [-0.25, -0.2) is 4.98 Å². The summed E-state index contributed by atoms with van der Waals surface area (Å²) in [6.07, 6.45) is 1.50. The average Bonchev–Trinajstić information content (AvgIpc) is 2.25. The lowest BCUT2D eigenvalue weighted by Gasteiger charge is -2.29. The highest BCUT2D eigenvalue weighted by Gasteiger charge is 2.20. The fourth-order valence-corrected chi connectivity index (χ4v) is 1.68. The van der Waals surface area contributed by atoms with Crippen LogP contribution in [0.3, 0.4) is 0 Å². The Labute approximate surface area is 106 Å². The SMILES string of the molecule is CCN(CC(C)(C)O)c1nc(OC)ncc1Cl. The predicted octanol–water partition coefficient (Wildman–Crippen LogP) is 1.74. The van der Waals surface area contributed by atoms with Crippen LogP contribution in [0.1, 0.15) is 20.8 Å². The molecule has 6 heteroatoms. The van der Waals surface area contributed by atoms with Crippen molar-refractivity contribution in [3.05, 3.63) is 11.2 Å². The number of methoxy groups -OCH3 is 1.